The molecular formula is C31H52N4O6S. The smallest absolute Gasteiger partial charge is 0.307 e. The van der Waals surface area contributed by atoms with Gasteiger partial charge in [-0.25, -0.2) is 4.98 Å². The number of nitrogens with zero attached hydrogens (tertiary/aromatic N) is 3. The largest absolute Gasteiger partial charge is 0.444 e. The van der Waals surface area contributed by atoms with Gasteiger partial charge in [-0.15, -0.1) is 11.3 Å². The number of thiazole rings is 1. The molecule has 0 bridgehead atoms. The number of ether oxygens (including phenoxy) is 1. The standard InChI is InChI=1S/C31H52N4O6S/c1-9-21(6)22(15-26(36)24-12-10-11-13-34(24)8)31(40)35(18-41-28(38)14-19(2)3)25(20(4)5)16-27(37)30-33-23(17-42-30)29(39)32-7/h17,19-22,24-25,27,37H,9-16,18H2,1-8H3,(H,32,39)/t21-,22-,24+,25+,27+/m0/s1. The van der Waals surface area contributed by atoms with E-state index >= 15 is 0 Å². The Hall–Kier alpha value is -2.37. The highest BCUT2D eigenvalue weighted by atomic mass is 32.1. The van der Waals surface area contributed by atoms with Crippen molar-refractivity contribution in [3.05, 3.63) is 16.1 Å². The van der Waals surface area contributed by atoms with Crippen molar-refractivity contribution in [1.29, 1.82) is 0 Å². The van der Waals surface area contributed by atoms with Crippen LogP contribution in [0.15, 0.2) is 5.38 Å². The van der Waals surface area contributed by atoms with Crippen molar-refractivity contribution in [1.82, 2.24) is 20.1 Å². The van der Waals surface area contributed by atoms with Gasteiger partial charge in [0.05, 0.1) is 6.04 Å². The van der Waals surface area contributed by atoms with Crippen LogP contribution in [0.3, 0.4) is 0 Å². The molecule has 1 aromatic heterocycles. The van der Waals surface area contributed by atoms with Crippen LogP contribution in [0.4, 0.5) is 0 Å². The summed E-state index contributed by atoms with van der Waals surface area (Å²) in [7, 11) is 3.48. The number of carbonyl (C=O) groups excluding carboxylic acids is 4. The van der Waals surface area contributed by atoms with Crippen molar-refractivity contribution >= 4 is 34.9 Å². The second kappa shape index (κ2) is 17.1. The highest BCUT2D eigenvalue weighted by molar-refractivity contribution is 7.09. The van der Waals surface area contributed by atoms with E-state index in [0.717, 1.165) is 25.8 Å². The van der Waals surface area contributed by atoms with Crippen LogP contribution in [0.5, 0.6) is 0 Å². The van der Waals surface area contributed by atoms with E-state index in [2.05, 4.69) is 15.2 Å². The first-order valence-electron chi connectivity index (χ1n) is 15.3. The van der Waals surface area contributed by atoms with Gasteiger partial charge >= 0.3 is 5.97 Å². The molecule has 238 valence electrons. The fourth-order valence-corrected chi connectivity index (χ4v) is 6.28. The predicted octanol–water partition coefficient (Wildman–Crippen LogP) is 4.43. The average Bonchev–Trinajstić information content (AvgIpc) is 3.44. The number of likely N-dealkylation sites (N-methyl/N-ethyl adjacent to an activating group) is 1. The molecule has 5 atom stereocenters. The quantitative estimate of drug-likeness (QED) is 0.208. The van der Waals surface area contributed by atoms with Crippen LogP contribution in [0.25, 0.3) is 0 Å². The molecule has 1 saturated heterocycles. The summed E-state index contributed by atoms with van der Waals surface area (Å²) in [6.07, 6.45) is 2.99. The Morgan fingerprint density at radius 3 is 2.43 bits per heavy atom. The van der Waals surface area contributed by atoms with Gasteiger partial charge < -0.3 is 20.1 Å². The lowest BCUT2D eigenvalue weighted by atomic mass is 9.82. The van der Waals surface area contributed by atoms with Crippen LogP contribution in [0.2, 0.25) is 0 Å². The molecule has 2 rings (SSSR count). The lowest BCUT2D eigenvalue weighted by Gasteiger charge is -2.39. The fourth-order valence-electron chi connectivity index (χ4n) is 5.48. The SMILES string of the molecule is CC[C@H](C)[C@H](CC(=O)[C@H]1CCCCN1C)C(=O)N(COC(=O)CC(C)C)[C@H](C[C@@H](O)c1nc(C(=O)NC)cs1)C(C)C. The Morgan fingerprint density at radius 1 is 1.17 bits per heavy atom. The average molecular weight is 609 g/mol. The third-order valence-electron chi connectivity index (χ3n) is 8.34. The maximum atomic E-state index is 14.4. The van der Waals surface area contributed by atoms with Gasteiger partial charge in [-0.3, -0.25) is 24.1 Å². The number of aromatic nitrogens is 1. The summed E-state index contributed by atoms with van der Waals surface area (Å²) in [5.74, 6) is -1.59. The molecule has 0 spiro atoms. The van der Waals surface area contributed by atoms with Gasteiger partial charge in [0.15, 0.2) is 12.5 Å². The van der Waals surface area contributed by atoms with Gasteiger partial charge in [-0.2, -0.15) is 0 Å². The Kier molecular flexibility index (Phi) is 14.5. The van der Waals surface area contributed by atoms with Gasteiger partial charge in [-0.05, 0) is 44.2 Å². The zero-order chi connectivity index (χ0) is 31.6. The van der Waals surface area contributed by atoms with Crippen molar-refractivity contribution in [2.24, 2.45) is 23.7 Å². The highest BCUT2D eigenvalue weighted by Crippen LogP contribution is 2.31. The van der Waals surface area contributed by atoms with Crippen molar-refractivity contribution in [2.75, 3.05) is 27.4 Å². The zero-order valence-electron chi connectivity index (χ0n) is 26.7. The molecule has 0 unspecified atom stereocenters. The Labute approximate surface area is 255 Å². The van der Waals surface area contributed by atoms with Crippen LogP contribution in [0.1, 0.15) is 108 Å². The van der Waals surface area contributed by atoms with E-state index in [1.54, 1.807) is 10.3 Å². The third kappa shape index (κ3) is 10.1. The van der Waals surface area contributed by atoms with Crippen LogP contribution < -0.4 is 5.32 Å². The summed E-state index contributed by atoms with van der Waals surface area (Å²) in [6.45, 7) is 12.3. The summed E-state index contributed by atoms with van der Waals surface area (Å²) in [5.41, 5.74) is 0.219. The first kappa shape index (κ1) is 35.8. The van der Waals surface area contributed by atoms with Crippen LogP contribution in [0, 0.1) is 23.7 Å². The summed E-state index contributed by atoms with van der Waals surface area (Å²) in [6, 6.07) is -0.705. The highest BCUT2D eigenvalue weighted by Gasteiger charge is 2.38. The van der Waals surface area contributed by atoms with E-state index in [4.69, 9.17) is 4.74 Å². The number of Topliss-reactive ketones (excluding diaryl/α,β-unsaturated/α-hetero) is 1. The molecule has 1 aliphatic heterocycles. The van der Waals surface area contributed by atoms with E-state index in [0.29, 0.717) is 11.4 Å². The predicted molar refractivity (Wildman–Crippen MR) is 164 cm³/mol. The van der Waals surface area contributed by atoms with Crippen molar-refractivity contribution in [3.63, 3.8) is 0 Å². The van der Waals surface area contributed by atoms with E-state index in [1.807, 2.05) is 48.6 Å². The zero-order valence-corrected chi connectivity index (χ0v) is 27.5. The van der Waals surface area contributed by atoms with Gasteiger partial charge in [-0.1, -0.05) is 54.4 Å². The molecule has 42 heavy (non-hydrogen) atoms. The summed E-state index contributed by atoms with van der Waals surface area (Å²) in [5, 5.41) is 15.7. The first-order valence-corrected chi connectivity index (χ1v) is 16.2. The molecule has 2 N–H and O–H groups in total. The number of rotatable bonds is 16. The molecule has 2 amide bonds. The van der Waals surface area contributed by atoms with Gasteiger partial charge in [0.2, 0.25) is 5.91 Å². The number of amides is 2. The molecule has 1 aromatic rings. The molecule has 0 saturated carbocycles. The van der Waals surface area contributed by atoms with E-state index < -0.39 is 24.0 Å². The number of nitrogens with one attached hydrogen (secondary N) is 1. The fraction of sp³-hybridized carbons (Fsp3) is 0.774. The third-order valence-corrected chi connectivity index (χ3v) is 9.28. The molecule has 1 fully saturated rings. The molecule has 2 heterocycles. The molecule has 11 heteroatoms. The molecule has 0 aromatic carbocycles. The number of carbonyl (C=O) groups is 4. The van der Waals surface area contributed by atoms with Crippen LogP contribution >= 0.6 is 11.3 Å². The van der Waals surface area contributed by atoms with Crippen molar-refractivity contribution in [3.8, 4) is 0 Å². The second-order valence-corrected chi connectivity index (χ2v) is 13.3. The number of esters is 1. The monoisotopic (exact) mass is 608 g/mol. The molecule has 1 aliphatic rings. The minimum absolute atomic E-state index is 0.0678. The van der Waals surface area contributed by atoms with Crippen molar-refractivity contribution < 1.29 is 29.0 Å². The number of hydrogen-bond acceptors (Lipinski definition) is 9. The molecule has 0 aliphatic carbocycles. The lowest BCUT2D eigenvalue weighted by molar-refractivity contribution is -0.161. The molecule has 10 nitrogen and oxygen atoms in total. The van der Waals surface area contributed by atoms with E-state index in [1.165, 1.54) is 18.4 Å². The number of aliphatic hydroxyl groups excluding tert-OH is 1. The normalized spacial score (nSPS) is 18.8. The van der Waals surface area contributed by atoms with E-state index in [9.17, 15) is 24.3 Å². The van der Waals surface area contributed by atoms with Gasteiger partial charge in [0, 0.05) is 43.6 Å². The Bertz CT molecular complexity index is 1040. The lowest BCUT2D eigenvalue weighted by Crippen LogP contribution is -2.50. The number of ketones is 1. The minimum Gasteiger partial charge on any atom is -0.444 e. The number of piperidine rings is 1. The maximum Gasteiger partial charge on any atom is 0.307 e. The molecular weight excluding hydrogens is 556 g/mol. The van der Waals surface area contributed by atoms with E-state index in [-0.39, 0.29) is 73.1 Å². The minimum atomic E-state index is -1.04. The Morgan fingerprint density at radius 2 is 1.86 bits per heavy atom. The maximum absolute atomic E-state index is 14.4. The van der Waals surface area contributed by atoms with Crippen LogP contribution in [-0.2, 0) is 19.1 Å². The topological polar surface area (TPSA) is 129 Å². The summed E-state index contributed by atoms with van der Waals surface area (Å²) in [4.78, 5) is 60.4. The van der Waals surface area contributed by atoms with Gasteiger partial charge in [0.25, 0.3) is 5.91 Å². The number of likely N-dealkylation sites (tertiary alicyclic amines) is 1. The molecule has 0 radical (unpaired) electrons. The first-order chi connectivity index (χ1) is 19.8. The van der Waals surface area contributed by atoms with Crippen molar-refractivity contribution in [2.45, 2.75) is 105 Å². The Balaban J connectivity index is 2.38. The number of hydrogen-bond donors (Lipinski definition) is 2. The number of aliphatic hydroxyl groups is 1. The summed E-state index contributed by atoms with van der Waals surface area (Å²) >= 11 is 1.18. The van der Waals surface area contributed by atoms with Gasteiger partial charge in [0.1, 0.15) is 16.8 Å². The van der Waals surface area contributed by atoms with Crippen LogP contribution in [-0.4, -0.2) is 82.9 Å². The second-order valence-electron chi connectivity index (χ2n) is 12.4. The summed E-state index contributed by atoms with van der Waals surface area (Å²) < 4.78 is 5.63.